The lowest BCUT2D eigenvalue weighted by molar-refractivity contribution is -0.0652. The molecule has 17 heavy (non-hydrogen) atoms. The molecule has 0 aromatic carbocycles. The Morgan fingerprint density at radius 3 is 2.59 bits per heavy atom. The van der Waals surface area contributed by atoms with Gasteiger partial charge in [0.05, 0.1) is 5.60 Å². The van der Waals surface area contributed by atoms with Gasteiger partial charge in [-0.15, -0.1) is 11.3 Å². The minimum atomic E-state index is -3.38. The number of hydrogen-bond donors (Lipinski definition) is 1. The summed E-state index contributed by atoms with van der Waals surface area (Å²) in [5.41, 5.74) is -0.811. The molecule has 0 unspecified atom stereocenters. The molecular formula is C11H17NO3S2. The molecule has 0 spiro atoms. The fraction of sp³-hybridized carbons (Fsp3) is 0.636. The van der Waals surface area contributed by atoms with Crippen LogP contribution in [0.5, 0.6) is 0 Å². The van der Waals surface area contributed by atoms with E-state index in [9.17, 15) is 13.5 Å². The van der Waals surface area contributed by atoms with E-state index in [1.54, 1.807) is 12.1 Å². The molecule has 1 aromatic heterocycles. The summed E-state index contributed by atoms with van der Waals surface area (Å²) in [6, 6.07) is 3.43. The number of rotatable bonds is 4. The van der Waals surface area contributed by atoms with Crippen molar-refractivity contribution in [2.24, 2.45) is 0 Å². The molecule has 0 radical (unpaired) electrons. The van der Waals surface area contributed by atoms with E-state index in [-0.39, 0.29) is 13.1 Å². The summed E-state index contributed by atoms with van der Waals surface area (Å²) in [5, 5.41) is 9.99. The van der Waals surface area contributed by atoms with Gasteiger partial charge in [-0.3, -0.25) is 0 Å². The second-order valence-electron chi connectivity index (χ2n) is 4.61. The fourth-order valence-electron chi connectivity index (χ4n) is 2.08. The van der Waals surface area contributed by atoms with Gasteiger partial charge in [0.15, 0.2) is 0 Å². The Balaban J connectivity index is 2.11. The first kappa shape index (κ1) is 13.0. The van der Waals surface area contributed by atoms with Crippen LogP contribution in [-0.2, 0) is 10.0 Å². The Morgan fingerprint density at radius 1 is 1.47 bits per heavy atom. The lowest BCUT2D eigenvalue weighted by atomic mass is 9.92. The van der Waals surface area contributed by atoms with Crippen molar-refractivity contribution in [3.05, 3.63) is 17.0 Å². The predicted molar refractivity (Wildman–Crippen MR) is 67.7 cm³/mol. The van der Waals surface area contributed by atoms with Gasteiger partial charge in [-0.05, 0) is 25.5 Å². The molecule has 1 aromatic rings. The van der Waals surface area contributed by atoms with Gasteiger partial charge in [-0.1, -0.05) is 13.3 Å². The summed E-state index contributed by atoms with van der Waals surface area (Å²) in [4.78, 5) is 0.980. The normalized spacial score (nSPS) is 20.2. The van der Waals surface area contributed by atoms with Gasteiger partial charge in [0.25, 0.3) is 10.0 Å². The van der Waals surface area contributed by atoms with Gasteiger partial charge >= 0.3 is 0 Å². The van der Waals surface area contributed by atoms with E-state index in [0.29, 0.717) is 10.6 Å². The van der Waals surface area contributed by atoms with E-state index in [2.05, 4.69) is 0 Å². The van der Waals surface area contributed by atoms with Gasteiger partial charge in [0.1, 0.15) is 4.21 Å². The van der Waals surface area contributed by atoms with Crippen LogP contribution >= 0.6 is 11.3 Å². The average molecular weight is 275 g/mol. The summed E-state index contributed by atoms with van der Waals surface area (Å²) in [6.07, 6.45) is 1.52. The van der Waals surface area contributed by atoms with Gasteiger partial charge in [-0.25, -0.2) is 8.42 Å². The first-order chi connectivity index (χ1) is 7.87. The van der Waals surface area contributed by atoms with Crippen LogP contribution in [0.4, 0.5) is 0 Å². The summed E-state index contributed by atoms with van der Waals surface area (Å²) in [7, 11) is -3.38. The molecule has 1 saturated heterocycles. The van der Waals surface area contributed by atoms with E-state index in [1.807, 2.05) is 13.8 Å². The Hall–Kier alpha value is -0.430. The zero-order valence-corrected chi connectivity index (χ0v) is 11.6. The third-order valence-electron chi connectivity index (χ3n) is 2.97. The molecule has 2 rings (SSSR count). The molecule has 4 nitrogen and oxygen atoms in total. The summed E-state index contributed by atoms with van der Waals surface area (Å²) in [5.74, 6) is 0. The minimum Gasteiger partial charge on any atom is -0.387 e. The van der Waals surface area contributed by atoms with Gasteiger partial charge in [-0.2, -0.15) is 4.31 Å². The number of β-amino-alcohol motifs (C(OH)–C–C–N with tert-alkyl or cyclic N) is 1. The first-order valence-electron chi connectivity index (χ1n) is 5.66. The third kappa shape index (κ3) is 2.40. The maximum atomic E-state index is 12.1. The molecule has 1 fully saturated rings. The van der Waals surface area contributed by atoms with Crippen molar-refractivity contribution in [1.29, 1.82) is 0 Å². The van der Waals surface area contributed by atoms with Crippen LogP contribution in [0.25, 0.3) is 0 Å². The van der Waals surface area contributed by atoms with Crippen molar-refractivity contribution >= 4 is 21.4 Å². The Morgan fingerprint density at radius 2 is 2.12 bits per heavy atom. The van der Waals surface area contributed by atoms with E-state index in [0.717, 1.165) is 11.3 Å². The lowest BCUT2D eigenvalue weighted by Gasteiger charge is -2.45. The van der Waals surface area contributed by atoms with E-state index >= 15 is 0 Å². The summed E-state index contributed by atoms with van der Waals surface area (Å²) >= 11 is 1.27. The largest absolute Gasteiger partial charge is 0.387 e. The molecule has 0 saturated carbocycles. The predicted octanol–water partition coefficient (Wildman–Crippen LogP) is 1.59. The maximum absolute atomic E-state index is 12.1. The van der Waals surface area contributed by atoms with E-state index in [1.165, 1.54) is 15.6 Å². The van der Waals surface area contributed by atoms with Gasteiger partial charge in [0.2, 0.25) is 0 Å². The lowest BCUT2D eigenvalue weighted by Crippen LogP contribution is -2.63. The molecule has 0 amide bonds. The molecular weight excluding hydrogens is 258 g/mol. The smallest absolute Gasteiger partial charge is 0.252 e. The summed E-state index contributed by atoms with van der Waals surface area (Å²) < 4.78 is 26.0. The second-order valence-corrected chi connectivity index (χ2v) is 8.07. The third-order valence-corrected chi connectivity index (χ3v) is 6.23. The topological polar surface area (TPSA) is 57.6 Å². The van der Waals surface area contributed by atoms with Crippen molar-refractivity contribution in [3.8, 4) is 0 Å². The van der Waals surface area contributed by atoms with Crippen LogP contribution in [0.1, 0.15) is 24.6 Å². The van der Waals surface area contributed by atoms with Crippen LogP contribution in [-0.4, -0.2) is 36.5 Å². The Kier molecular flexibility index (Phi) is 3.33. The number of aliphatic hydroxyl groups is 1. The van der Waals surface area contributed by atoms with Gasteiger partial charge in [0, 0.05) is 18.0 Å². The SMILES string of the molecule is CCCC1(O)CN(S(=O)(=O)c2ccc(C)s2)C1. The van der Waals surface area contributed by atoms with E-state index in [4.69, 9.17) is 0 Å². The maximum Gasteiger partial charge on any atom is 0.252 e. The quantitative estimate of drug-likeness (QED) is 0.908. The highest BCUT2D eigenvalue weighted by atomic mass is 32.2. The van der Waals surface area contributed by atoms with Crippen LogP contribution in [0.15, 0.2) is 16.3 Å². The Bertz CT molecular complexity index is 501. The number of hydrogen-bond acceptors (Lipinski definition) is 4. The number of thiophene rings is 1. The fourth-order valence-corrected chi connectivity index (χ4v) is 5.12. The highest BCUT2D eigenvalue weighted by molar-refractivity contribution is 7.91. The first-order valence-corrected chi connectivity index (χ1v) is 7.92. The average Bonchev–Trinajstić information content (AvgIpc) is 2.62. The monoisotopic (exact) mass is 275 g/mol. The Labute approximate surface area is 106 Å². The minimum absolute atomic E-state index is 0.222. The van der Waals surface area contributed by atoms with Crippen LogP contribution in [0, 0.1) is 6.92 Å². The van der Waals surface area contributed by atoms with Crippen LogP contribution in [0.3, 0.4) is 0 Å². The van der Waals surface area contributed by atoms with Crippen LogP contribution < -0.4 is 0 Å². The van der Waals surface area contributed by atoms with Crippen molar-refractivity contribution < 1.29 is 13.5 Å². The van der Waals surface area contributed by atoms with Crippen molar-refractivity contribution in [2.75, 3.05) is 13.1 Å². The second kappa shape index (κ2) is 4.35. The zero-order valence-electron chi connectivity index (χ0n) is 10.0. The molecule has 1 aliphatic rings. The number of aryl methyl sites for hydroxylation is 1. The molecule has 2 heterocycles. The van der Waals surface area contributed by atoms with Crippen LogP contribution in [0.2, 0.25) is 0 Å². The zero-order chi connectivity index (χ0) is 12.7. The molecule has 1 aliphatic heterocycles. The molecule has 0 atom stereocenters. The number of sulfonamides is 1. The van der Waals surface area contributed by atoms with Crippen molar-refractivity contribution in [2.45, 2.75) is 36.5 Å². The standard InChI is InChI=1S/C11H17NO3S2/c1-3-6-11(13)7-12(8-11)17(14,15)10-5-4-9(2)16-10/h4-5,13H,3,6-8H2,1-2H3. The summed E-state index contributed by atoms with van der Waals surface area (Å²) in [6.45, 7) is 4.31. The highest BCUT2D eigenvalue weighted by Crippen LogP contribution is 2.33. The number of nitrogens with zero attached hydrogens (tertiary/aromatic N) is 1. The highest BCUT2D eigenvalue weighted by Gasteiger charge is 2.46. The van der Waals surface area contributed by atoms with E-state index < -0.39 is 15.6 Å². The molecule has 0 aliphatic carbocycles. The molecule has 6 heteroatoms. The molecule has 1 N–H and O–H groups in total. The van der Waals surface area contributed by atoms with Gasteiger partial charge < -0.3 is 5.11 Å². The molecule has 96 valence electrons. The van der Waals surface area contributed by atoms with Crippen molar-refractivity contribution in [3.63, 3.8) is 0 Å². The molecule has 0 bridgehead atoms. The van der Waals surface area contributed by atoms with Crippen molar-refractivity contribution in [1.82, 2.24) is 4.31 Å².